The zero-order chi connectivity index (χ0) is 11.4. The summed E-state index contributed by atoms with van der Waals surface area (Å²) in [6.07, 6.45) is 3.40. The van der Waals surface area contributed by atoms with Crippen molar-refractivity contribution in [3.8, 4) is 11.5 Å². The Morgan fingerprint density at radius 2 is 2.38 bits per heavy atom. The number of hydrogen-bond donors (Lipinski definition) is 2. The number of aromatic hydroxyl groups is 1. The van der Waals surface area contributed by atoms with E-state index >= 15 is 0 Å². The van der Waals surface area contributed by atoms with Crippen LogP contribution in [0.25, 0.3) is 0 Å². The maximum Gasteiger partial charge on any atom is 0.119 e. The number of phenolic OH excluding ortho intramolecular Hbond substituents is 1. The maximum atomic E-state index is 9.79. The Morgan fingerprint density at radius 3 is 3.06 bits per heavy atom. The van der Waals surface area contributed by atoms with Gasteiger partial charge >= 0.3 is 0 Å². The molecular weight excluding hydrogens is 202 g/mol. The summed E-state index contributed by atoms with van der Waals surface area (Å²) >= 11 is 0. The third-order valence-electron chi connectivity index (χ3n) is 3.19. The molecule has 1 unspecified atom stereocenters. The number of piperidine rings is 1. The molecule has 0 aromatic heterocycles. The lowest BCUT2D eigenvalue weighted by atomic mass is 9.92. The van der Waals surface area contributed by atoms with Crippen LogP contribution in [-0.4, -0.2) is 25.3 Å². The fraction of sp³-hybridized carbons (Fsp3) is 0.538. The number of rotatable bonds is 3. The molecule has 0 radical (unpaired) electrons. The monoisotopic (exact) mass is 221 g/mol. The molecule has 1 aliphatic heterocycles. The lowest BCUT2D eigenvalue weighted by molar-refractivity contribution is 0.367. The second kappa shape index (κ2) is 5.21. The molecule has 1 heterocycles. The molecule has 1 fully saturated rings. The highest BCUT2D eigenvalue weighted by molar-refractivity contribution is 5.39. The maximum absolute atomic E-state index is 9.79. The van der Waals surface area contributed by atoms with Crippen molar-refractivity contribution in [2.24, 2.45) is 5.92 Å². The highest BCUT2D eigenvalue weighted by atomic mass is 16.5. The van der Waals surface area contributed by atoms with Gasteiger partial charge in [-0.25, -0.2) is 0 Å². The first-order valence-corrected chi connectivity index (χ1v) is 5.86. The first-order valence-electron chi connectivity index (χ1n) is 5.86. The van der Waals surface area contributed by atoms with E-state index in [0.717, 1.165) is 30.8 Å². The summed E-state index contributed by atoms with van der Waals surface area (Å²) in [6, 6.07) is 5.44. The topological polar surface area (TPSA) is 41.5 Å². The molecule has 1 atom stereocenters. The normalized spacial score (nSPS) is 20.7. The van der Waals surface area contributed by atoms with E-state index in [4.69, 9.17) is 4.74 Å². The van der Waals surface area contributed by atoms with Crippen LogP contribution >= 0.6 is 0 Å². The van der Waals surface area contributed by atoms with Crippen molar-refractivity contribution in [2.75, 3.05) is 20.2 Å². The Balaban J connectivity index is 2.06. The third-order valence-corrected chi connectivity index (χ3v) is 3.19. The van der Waals surface area contributed by atoms with Gasteiger partial charge in [0.1, 0.15) is 11.5 Å². The van der Waals surface area contributed by atoms with Crippen molar-refractivity contribution in [1.82, 2.24) is 5.32 Å². The summed E-state index contributed by atoms with van der Waals surface area (Å²) in [5.41, 5.74) is 0.994. The molecule has 0 aliphatic carbocycles. The van der Waals surface area contributed by atoms with Crippen molar-refractivity contribution < 1.29 is 9.84 Å². The number of nitrogens with one attached hydrogen (secondary N) is 1. The smallest absolute Gasteiger partial charge is 0.119 e. The summed E-state index contributed by atoms with van der Waals surface area (Å²) < 4.78 is 5.17. The summed E-state index contributed by atoms with van der Waals surface area (Å²) in [5.74, 6) is 1.83. The van der Waals surface area contributed by atoms with E-state index in [-0.39, 0.29) is 0 Å². The van der Waals surface area contributed by atoms with Crippen molar-refractivity contribution in [3.63, 3.8) is 0 Å². The van der Waals surface area contributed by atoms with Crippen LogP contribution in [0, 0.1) is 5.92 Å². The first kappa shape index (κ1) is 11.3. The summed E-state index contributed by atoms with van der Waals surface area (Å²) in [6.45, 7) is 2.18. The SMILES string of the molecule is COc1ccc(O)c(CC2CCCNC2)c1. The van der Waals surface area contributed by atoms with E-state index in [2.05, 4.69) is 5.32 Å². The lowest BCUT2D eigenvalue weighted by Gasteiger charge is -2.23. The van der Waals surface area contributed by atoms with Crippen LogP contribution in [0.4, 0.5) is 0 Å². The largest absolute Gasteiger partial charge is 0.508 e. The quantitative estimate of drug-likeness (QED) is 0.819. The molecule has 1 aromatic carbocycles. The zero-order valence-corrected chi connectivity index (χ0v) is 9.70. The minimum absolute atomic E-state index is 0.381. The minimum atomic E-state index is 0.381. The van der Waals surface area contributed by atoms with Crippen LogP contribution in [0.3, 0.4) is 0 Å². The van der Waals surface area contributed by atoms with Gasteiger partial charge < -0.3 is 15.2 Å². The Kier molecular flexibility index (Phi) is 3.67. The van der Waals surface area contributed by atoms with Gasteiger partial charge in [-0.3, -0.25) is 0 Å². The van der Waals surface area contributed by atoms with Crippen LogP contribution < -0.4 is 10.1 Å². The number of phenols is 1. The standard InChI is InChI=1S/C13H19NO2/c1-16-12-4-5-13(15)11(8-12)7-10-3-2-6-14-9-10/h4-5,8,10,14-15H,2-3,6-7,9H2,1H3. The van der Waals surface area contributed by atoms with Gasteiger partial charge in [0, 0.05) is 0 Å². The van der Waals surface area contributed by atoms with Crippen LogP contribution in [0.2, 0.25) is 0 Å². The van der Waals surface area contributed by atoms with Crippen LogP contribution in [0.15, 0.2) is 18.2 Å². The predicted octanol–water partition coefficient (Wildman–Crippen LogP) is 1.94. The van der Waals surface area contributed by atoms with Crippen molar-refractivity contribution in [1.29, 1.82) is 0 Å². The minimum Gasteiger partial charge on any atom is -0.508 e. The van der Waals surface area contributed by atoms with Crippen molar-refractivity contribution >= 4 is 0 Å². The van der Waals surface area contributed by atoms with Gasteiger partial charge in [0.2, 0.25) is 0 Å². The zero-order valence-electron chi connectivity index (χ0n) is 9.70. The molecule has 16 heavy (non-hydrogen) atoms. The first-order chi connectivity index (χ1) is 7.79. The molecule has 0 saturated carbocycles. The molecule has 3 nitrogen and oxygen atoms in total. The van der Waals surface area contributed by atoms with E-state index in [0.29, 0.717) is 11.7 Å². The highest BCUT2D eigenvalue weighted by Gasteiger charge is 2.15. The van der Waals surface area contributed by atoms with E-state index in [9.17, 15) is 5.11 Å². The van der Waals surface area contributed by atoms with Gasteiger partial charge in [0.25, 0.3) is 0 Å². The number of ether oxygens (including phenoxy) is 1. The number of methoxy groups -OCH3 is 1. The van der Waals surface area contributed by atoms with Gasteiger partial charge in [0.05, 0.1) is 7.11 Å². The van der Waals surface area contributed by atoms with E-state index in [1.807, 2.05) is 6.07 Å². The summed E-state index contributed by atoms with van der Waals surface area (Å²) in [5, 5.41) is 13.2. The Morgan fingerprint density at radius 1 is 1.50 bits per heavy atom. The van der Waals surface area contributed by atoms with Crippen LogP contribution in [-0.2, 0) is 6.42 Å². The van der Waals surface area contributed by atoms with Crippen molar-refractivity contribution in [2.45, 2.75) is 19.3 Å². The second-order valence-electron chi connectivity index (χ2n) is 4.41. The molecule has 0 bridgehead atoms. The van der Waals surface area contributed by atoms with Gasteiger partial charge in [0.15, 0.2) is 0 Å². The fourth-order valence-electron chi connectivity index (χ4n) is 2.26. The fourth-order valence-corrected chi connectivity index (χ4v) is 2.26. The van der Waals surface area contributed by atoms with Gasteiger partial charge in [-0.15, -0.1) is 0 Å². The molecule has 2 N–H and O–H groups in total. The molecular formula is C13H19NO2. The predicted molar refractivity (Wildman–Crippen MR) is 64.0 cm³/mol. The van der Waals surface area contributed by atoms with E-state index in [1.165, 1.54) is 12.8 Å². The molecule has 1 aromatic rings. The lowest BCUT2D eigenvalue weighted by Crippen LogP contribution is -2.30. The van der Waals surface area contributed by atoms with Gasteiger partial charge in [-0.2, -0.15) is 0 Å². The summed E-state index contributed by atoms with van der Waals surface area (Å²) in [4.78, 5) is 0. The van der Waals surface area contributed by atoms with Crippen molar-refractivity contribution in [3.05, 3.63) is 23.8 Å². The molecule has 0 spiro atoms. The van der Waals surface area contributed by atoms with Gasteiger partial charge in [-0.1, -0.05) is 0 Å². The molecule has 2 rings (SSSR count). The molecule has 88 valence electrons. The molecule has 1 aliphatic rings. The average molecular weight is 221 g/mol. The highest BCUT2D eigenvalue weighted by Crippen LogP contribution is 2.27. The summed E-state index contributed by atoms with van der Waals surface area (Å²) in [7, 11) is 1.65. The molecule has 0 amide bonds. The molecule has 3 heteroatoms. The van der Waals surface area contributed by atoms with Gasteiger partial charge in [-0.05, 0) is 62.0 Å². The number of benzene rings is 1. The average Bonchev–Trinajstić information content (AvgIpc) is 2.33. The Hall–Kier alpha value is -1.22. The van der Waals surface area contributed by atoms with Crippen LogP contribution in [0.5, 0.6) is 11.5 Å². The second-order valence-corrected chi connectivity index (χ2v) is 4.41. The Bertz CT molecular complexity index is 346. The van der Waals surface area contributed by atoms with E-state index in [1.54, 1.807) is 19.2 Å². The van der Waals surface area contributed by atoms with E-state index < -0.39 is 0 Å². The Labute approximate surface area is 96.4 Å². The molecule has 1 saturated heterocycles. The third kappa shape index (κ3) is 2.67. The van der Waals surface area contributed by atoms with Crippen LogP contribution in [0.1, 0.15) is 18.4 Å². The number of hydrogen-bond acceptors (Lipinski definition) is 3.